The van der Waals surface area contributed by atoms with Crippen LogP contribution in [0.4, 0.5) is 11.6 Å². The van der Waals surface area contributed by atoms with Crippen LogP contribution in [-0.2, 0) is 0 Å². The molecule has 1 aliphatic heterocycles. The molecule has 0 amide bonds. The van der Waals surface area contributed by atoms with Crippen LogP contribution < -0.4 is 4.90 Å². The summed E-state index contributed by atoms with van der Waals surface area (Å²) in [6, 6.07) is 0. The summed E-state index contributed by atoms with van der Waals surface area (Å²) in [6.07, 6.45) is 3.97. The topological polar surface area (TPSA) is 63.7 Å². The van der Waals surface area contributed by atoms with Crippen LogP contribution in [0.5, 0.6) is 0 Å². The van der Waals surface area contributed by atoms with Crippen molar-refractivity contribution in [2.45, 2.75) is 19.8 Å². The molecular weight excluding hydrogens is 252 g/mol. The molecular formula is C11H14N4O2S. The lowest BCUT2D eigenvalue weighted by Gasteiger charge is -2.30. The average molecular weight is 266 g/mol. The number of nitrogens with zero attached hydrogens (tertiary/aromatic N) is 4. The van der Waals surface area contributed by atoms with Crippen LogP contribution in [0.3, 0.4) is 0 Å². The Morgan fingerprint density at radius 3 is 3.17 bits per heavy atom. The Morgan fingerprint density at radius 2 is 2.44 bits per heavy atom. The molecule has 3 heterocycles. The zero-order chi connectivity index (χ0) is 12.7. The van der Waals surface area contributed by atoms with Crippen LogP contribution in [0.2, 0.25) is 0 Å². The smallest absolute Gasteiger partial charge is 0.358 e. The molecule has 7 heteroatoms. The van der Waals surface area contributed by atoms with Gasteiger partial charge in [-0.2, -0.15) is 9.38 Å². The van der Waals surface area contributed by atoms with Crippen molar-refractivity contribution in [3.63, 3.8) is 0 Å². The molecule has 1 saturated heterocycles. The van der Waals surface area contributed by atoms with Crippen molar-refractivity contribution < 1.29 is 4.92 Å². The molecule has 1 unspecified atom stereocenters. The van der Waals surface area contributed by atoms with Gasteiger partial charge in [-0.25, -0.2) is 0 Å². The van der Waals surface area contributed by atoms with Crippen LogP contribution in [0, 0.1) is 16.0 Å². The van der Waals surface area contributed by atoms with Gasteiger partial charge >= 0.3 is 5.82 Å². The monoisotopic (exact) mass is 266 g/mol. The molecule has 2 aromatic heterocycles. The summed E-state index contributed by atoms with van der Waals surface area (Å²) in [5, 5.41) is 13.1. The van der Waals surface area contributed by atoms with Gasteiger partial charge in [-0.3, -0.25) is 0 Å². The molecule has 0 spiro atoms. The second-order valence-corrected chi connectivity index (χ2v) is 5.64. The maximum absolute atomic E-state index is 11.2. The molecule has 18 heavy (non-hydrogen) atoms. The Bertz CT molecular complexity index is 591. The number of nitro groups is 1. The second-order valence-electron chi connectivity index (χ2n) is 4.77. The SMILES string of the molecule is CC1CCCN(c2nc3sccn3c2[N+](=O)[O-])C1. The van der Waals surface area contributed by atoms with E-state index in [0.717, 1.165) is 19.5 Å². The summed E-state index contributed by atoms with van der Waals surface area (Å²) in [6.45, 7) is 3.89. The maximum atomic E-state index is 11.2. The van der Waals surface area contributed by atoms with E-state index in [4.69, 9.17) is 0 Å². The van der Waals surface area contributed by atoms with Gasteiger partial charge in [0.15, 0.2) is 0 Å². The molecule has 2 aromatic rings. The summed E-state index contributed by atoms with van der Waals surface area (Å²) >= 11 is 1.43. The van der Waals surface area contributed by atoms with Crippen LogP contribution in [0.15, 0.2) is 11.6 Å². The molecule has 0 N–H and O–H groups in total. The summed E-state index contributed by atoms with van der Waals surface area (Å²) in [5.41, 5.74) is 0. The molecule has 0 bridgehead atoms. The Kier molecular flexibility index (Phi) is 2.70. The molecule has 0 aliphatic carbocycles. The summed E-state index contributed by atoms with van der Waals surface area (Å²) < 4.78 is 1.57. The van der Waals surface area contributed by atoms with E-state index in [1.54, 1.807) is 10.6 Å². The van der Waals surface area contributed by atoms with Crippen molar-refractivity contribution >= 4 is 27.9 Å². The van der Waals surface area contributed by atoms with E-state index in [-0.39, 0.29) is 10.7 Å². The molecule has 1 aliphatic rings. The molecule has 1 fully saturated rings. The van der Waals surface area contributed by atoms with Crippen molar-refractivity contribution in [3.8, 4) is 0 Å². The van der Waals surface area contributed by atoms with Gasteiger partial charge in [0.2, 0.25) is 5.82 Å². The Balaban J connectivity index is 2.07. The lowest BCUT2D eigenvalue weighted by Crippen LogP contribution is -2.34. The highest BCUT2D eigenvalue weighted by Crippen LogP contribution is 2.33. The fraction of sp³-hybridized carbons (Fsp3) is 0.545. The van der Waals surface area contributed by atoms with Gasteiger partial charge in [-0.1, -0.05) is 18.3 Å². The van der Waals surface area contributed by atoms with Crippen molar-refractivity contribution in [1.82, 2.24) is 9.38 Å². The van der Waals surface area contributed by atoms with Gasteiger partial charge in [0.05, 0.1) is 0 Å². The fourth-order valence-corrected chi connectivity index (χ4v) is 3.23. The number of hydrogen-bond donors (Lipinski definition) is 0. The van der Waals surface area contributed by atoms with E-state index in [9.17, 15) is 10.1 Å². The van der Waals surface area contributed by atoms with E-state index < -0.39 is 0 Å². The lowest BCUT2D eigenvalue weighted by atomic mass is 10.0. The first-order valence-electron chi connectivity index (χ1n) is 6.01. The highest BCUT2D eigenvalue weighted by Gasteiger charge is 2.29. The molecule has 6 nitrogen and oxygen atoms in total. The van der Waals surface area contributed by atoms with Crippen molar-refractivity contribution in [3.05, 3.63) is 21.7 Å². The number of piperidine rings is 1. The summed E-state index contributed by atoms with van der Waals surface area (Å²) in [5.74, 6) is 1.19. The number of anilines is 1. The molecule has 1 atom stereocenters. The number of rotatable bonds is 2. The van der Waals surface area contributed by atoms with Gasteiger partial charge in [0, 0.05) is 18.5 Å². The standard InChI is InChI=1S/C11H14N4O2S/c1-8-3-2-4-13(7-8)9-10(15(16)17)14-5-6-18-11(14)12-9/h5-6,8H,2-4,7H2,1H3. The van der Waals surface area contributed by atoms with Crippen LogP contribution in [-0.4, -0.2) is 27.4 Å². The van der Waals surface area contributed by atoms with Gasteiger partial charge in [-0.15, -0.1) is 0 Å². The van der Waals surface area contributed by atoms with Crippen molar-refractivity contribution in [1.29, 1.82) is 0 Å². The van der Waals surface area contributed by atoms with E-state index in [1.165, 1.54) is 17.8 Å². The minimum atomic E-state index is -0.332. The van der Waals surface area contributed by atoms with E-state index in [1.807, 2.05) is 10.3 Å². The van der Waals surface area contributed by atoms with E-state index in [0.29, 0.717) is 16.7 Å². The highest BCUT2D eigenvalue weighted by atomic mass is 32.1. The number of aromatic nitrogens is 2. The number of hydrogen-bond acceptors (Lipinski definition) is 5. The van der Waals surface area contributed by atoms with Gasteiger partial charge in [0.1, 0.15) is 6.20 Å². The number of imidazole rings is 1. The first-order chi connectivity index (χ1) is 8.66. The third-order valence-electron chi connectivity index (χ3n) is 3.35. The van der Waals surface area contributed by atoms with Gasteiger partial charge in [-0.05, 0) is 23.7 Å². The third-order valence-corrected chi connectivity index (χ3v) is 4.11. The van der Waals surface area contributed by atoms with E-state index in [2.05, 4.69) is 11.9 Å². The number of thiazole rings is 1. The van der Waals surface area contributed by atoms with Crippen LogP contribution in [0.1, 0.15) is 19.8 Å². The minimum Gasteiger partial charge on any atom is -0.358 e. The third kappa shape index (κ3) is 1.74. The van der Waals surface area contributed by atoms with Gasteiger partial charge in [0.25, 0.3) is 4.96 Å². The first-order valence-corrected chi connectivity index (χ1v) is 6.89. The highest BCUT2D eigenvalue weighted by molar-refractivity contribution is 7.15. The quantitative estimate of drug-likeness (QED) is 0.619. The van der Waals surface area contributed by atoms with Crippen LogP contribution >= 0.6 is 11.3 Å². The lowest BCUT2D eigenvalue weighted by molar-refractivity contribution is -0.389. The average Bonchev–Trinajstić information content (AvgIpc) is 2.87. The Hall–Kier alpha value is -1.63. The van der Waals surface area contributed by atoms with Gasteiger partial charge < -0.3 is 15.0 Å². The van der Waals surface area contributed by atoms with Crippen LogP contribution in [0.25, 0.3) is 4.96 Å². The van der Waals surface area contributed by atoms with Crippen molar-refractivity contribution in [2.75, 3.05) is 18.0 Å². The maximum Gasteiger partial charge on any atom is 0.373 e. The predicted octanol–water partition coefficient (Wildman–Crippen LogP) is 2.54. The largest absolute Gasteiger partial charge is 0.373 e. The Labute approximate surface area is 108 Å². The second kappa shape index (κ2) is 4.24. The predicted molar refractivity (Wildman–Crippen MR) is 70.3 cm³/mol. The molecule has 0 radical (unpaired) electrons. The Morgan fingerprint density at radius 1 is 1.61 bits per heavy atom. The van der Waals surface area contributed by atoms with E-state index >= 15 is 0 Å². The normalized spacial score (nSPS) is 20.5. The summed E-state index contributed by atoms with van der Waals surface area (Å²) in [7, 11) is 0. The molecule has 0 aromatic carbocycles. The fourth-order valence-electron chi connectivity index (χ4n) is 2.53. The first kappa shape index (κ1) is 11.5. The molecule has 96 valence electrons. The molecule has 3 rings (SSSR count). The molecule has 0 saturated carbocycles. The number of fused-ring (bicyclic) bond motifs is 1. The summed E-state index contributed by atoms with van der Waals surface area (Å²) in [4.78, 5) is 18.1. The zero-order valence-electron chi connectivity index (χ0n) is 10.1. The zero-order valence-corrected chi connectivity index (χ0v) is 10.9. The minimum absolute atomic E-state index is 0.0975. The van der Waals surface area contributed by atoms with Crippen molar-refractivity contribution in [2.24, 2.45) is 5.92 Å².